The first kappa shape index (κ1) is 48.3. The molecule has 2 unspecified atom stereocenters. The number of carbonyl (C=O) groups is 3. The van der Waals surface area contributed by atoms with Crippen LogP contribution in [0.25, 0.3) is 0 Å². The fourth-order valence-electron chi connectivity index (χ4n) is 6.95. The molecule has 0 saturated carbocycles. The molecule has 4 aliphatic rings. The summed E-state index contributed by atoms with van der Waals surface area (Å²) in [6.07, 6.45) is -28.0. The molecule has 27 nitrogen and oxygen atoms in total. The van der Waals surface area contributed by atoms with Gasteiger partial charge >= 0.3 is 10.4 Å². The number of rotatable bonds is 15. The van der Waals surface area contributed by atoms with Gasteiger partial charge in [0.2, 0.25) is 17.7 Å². The highest BCUT2D eigenvalue weighted by molar-refractivity contribution is 7.80. The van der Waals surface area contributed by atoms with Gasteiger partial charge in [-0.15, -0.1) is 0 Å². The van der Waals surface area contributed by atoms with Crippen LogP contribution >= 0.6 is 0 Å². The Kier molecular flexibility index (Phi) is 17.0. The molecule has 20 atom stereocenters. The van der Waals surface area contributed by atoms with Gasteiger partial charge in [-0.05, 0) is 0 Å². The number of nitrogens with two attached hydrogens (primary N) is 1. The van der Waals surface area contributed by atoms with E-state index >= 15 is 0 Å². The first-order chi connectivity index (χ1) is 27.1. The SMILES string of the molecule is CC(=O)N[C@H]1[C@H](O[C@H]2C(O)[C@@H](NC(C)=O)[C@H](O)O[C@@H]2COS(=O)(=O)O)O[C@H](CO)[C@@H](O[C@@H]2O[C@H](CO)[C@@H](O[C@@H]3O[C@H](CO)[C@@H](O)[C@H](O)[C@H]3N)C(O)[C@H]2NC(C)=O)[C@@H]1O. The summed E-state index contributed by atoms with van der Waals surface area (Å²) in [5.74, 6) is -2.34. The van der Waals surface area contributed by atoms with Crippen LogP contribution in [0.1, 0.15) is 20.8 Å². The van der Waals surface area contributed by atoms with Crippen LogP contribution in [0.3, 0.4) is 0 Å². The van der Waals surface area contributed by atoms with Crippen LogP contribution in [-0.2, 0) is 62.1 Å². The van der Waals surface area contributed by atoms with Crippen molar-refractivity contribution in [3.05, 3.63) is 0 Å². The van der Waals surface area contributed by atoms with E-state index in [1.807, 2.05) is 0 Å². The Labute approximate surface area is 330 Å². The Morgan fingerprint density at radius 1 is 0.569 bits per heavy atom. The minimum Gasteiger partial charge on any atom is -0.394 e. The fraction of sp³-hybridized carbons (Fsp3) is 0.900. The number of aliphatic hydroxyl groups is 9. The van der Waals surface area contributed by atoms with Gasteiger partial charge in [0, 0.05) is 20.8 Å². The van der Waals surface area contributed by atoms with Crippen molar-refractivity contribution in [1.82, 2.24) is 16.0 Å². The first-order valence-electron chi connectivity index (χ1n) is 17.8. The molecule has 0 spiro atoms. The van der Waals surface area contributed by atoms with E-state index in [0.717, 1.165) is 20.8 Å². The Morgan fingerprint density at radius 3 is 1.36 bits per heavy atom. The maximum Gasteiger partial charge on any atom is 0.397 e. The Bertz CT molecular complexity index is 1500. The van der Waals surface area contributed by atoms with Crippen LogP contribution in [-0.4, -0.2) is 226 Å². The fourth-order valence-corrected chi connectivity index (χ4v) is 7.26. The predicted octanol–water partition coefficient (Wildman–Crippen LogP) is -9.52. The quantitative estimate of drug-likeness (QED) is 0.0680. The number of amides is 3. The highest BCUT2D eigenvalue weighted by Crippen LogP contribution is 2.34. The van der Waals surface area contributed by atoms with Crippen LogP contribution in [0, 0.1) is 0 Å². The zero-order valence-electron chi connectivity index (χ0n) is 31.1. The van der Waals surface area contributed by atoms with Crippen LogP contribution in [0.5, 0.6) is 0 Å². The van der Waals surface area contributed by atoms with E-state index < -0.39 is 177 Å². The van der Waals surface area contributed by atoms with Crippen molar-refractivity contribution in [3.63, 3.8) is 0 Å². The minimum atomic E-state index is -5.13. The van der Waals surface area contributed by atoms with Gasteiger partial charge in [0.1, 0.15) is 91.4 Å². The zero-order valence-corrected chi connectivity index (χ0v) is 32.0. The molecule has 28 heteroatoms. The zero-order chi connectivity index (χ0) is 43.4. The second kappa shape index (κ2) is 20.4. The largest absolute Gasteiger partial charge is 0.397 e. The summed E-state index contributed by atoms with van der Waals surface area (Å²) in [4.78, 5) is 36.6. The third-order valence-corrected chi connectivity index (χ3v) is 10.1. The maximum absolute atomic E-state index is 12.4. The molecule has 3 amide bonds. The van der Waals surface area contributed by atoms with Crippen molar-refractivity contribution in [1.29, 1.82) is 0 Å². The van der Waals surface area contributed by atoms with Gasteiger partial charge in [-0.1, -0.05) is 0 Å². The van der Waals surface area contributed by atoms with Crippen LogP contribution in [0.4, 0.5) is 0 Å². The summed E-state index contributed by atoms with van der Waals surface area (Å²) in [6.45, 7) is -0.659. The minimum absolute atomic E-state index is 0.757. The topological polar surface area (TPSA) is 424 Å². The highest BCUT2D eigenvalue weighted by Gasteiger charge is 2.56. The summed E-state index contributed by atoms with van der Waals surface area (Å²) in [7, 11) is -5.13. The number of hydrogen-bond donors (Lipinski definition) is 14. The van der Waals surface area contributed by atoms with Gasteiger partial charge in [0.25, 0.3) is 0 Å². The molecule has 0 radical (unpaired) electrons. The van der Waals surface area contributed by atoms with Crippen molar-refractivity contribution < 1.29 is 111 Å². The normalized spacial score (nSPS) is 43.6. The lowest BCUT2D eigenvalue weighted by molar-refractivity contribution is -0.361. The predicted molar refractivity (Wildman–Crippen MR) is 181 cm³/mol. The van der Waals surface area contributed by atoms with Crippen LogP contribution in [0.2, 0.25) is 0 Å². The van der Waals surface area contributed by atoms with E-state index in [1.54, 1.807) is 0 Å². The first-order valence-corrected chi connectivity index (χ1v) is 19.2. The van der Waals surface area contributed by atoms with E-state index in [-0.39, 0.29) is 0 Å². The highest BCUT2D eigenvalue weighted by atomic mass is 32.3. The van der Waals surface area contributed by atoms with Gasteiger partial charge < -0.3 is 101 Å². The molecule has 4 rings (SSSR count). The summed E-state index contributed by atoms with van der Waals surface area (Å²) < 4.78 is 76.4. The number of carbonyl (C=O) groups excluding carboxylic acids is 3. The van der Waals surface area contributed by atoms with E-state index in [1.165, 1.54) is 0 Å². The van der Waals surface area contributed by atoms with Gasteiger partial charge in [0.15, 0.2) is 25.2 Å². The maximum atomic E-state index is 12.4. The van der Waals surface area contributed by atoms with Gasteiger partial charge in [-0.3, -0.25) is 18.9 Å². The van der Waals surface area contributed by atoms with Crippen molar-refractivity contribution in [2.45, 2.75) is 143 Å². The average molecular weight is 869 g/mol. The van der Waals surface area contributed by atoms with Crippen LogP contribution < -0.4 is 21.7 Å². The molecule has 336 valence electrons. The third kappa shape index (κ3) is 11.5. The van der Waals surface area contributed by atoms with Crippen molar-refractivity contribution in [2.75, 3.05) is 26.4 Å². The third-order valence-electron chi connectivity index (χ3n) is 9.69. The average Bonchev–Trinajstić information content (AvgIpc) is 3.14. The molecule has 4 saturated heterocycles. The lowest BCUT2D eigenvalue weighted by Crippen LogP contribution is -2.71. The second-order valence-electron chi connectivity index (χ2n) is 14.0. The molecule has 0 bridgehead atoms. The molecule has 58 heavy (non-hydrogen) atoms. The Balaban J connectivity index is 1.62. The number of nitrogens with one attached hydrogen (secondary N) is 3. The lowest BCUT2D eigenvalue weighted by Gasteiger charge is -2.50. The van der Waals surface area contributed by atoms with Crippen molar-refractivity contribution in [3.8, 4) is 0 Å². The van der Waals surface area contributed by atoms with Crippen LogP contribution in [0.15, 0.2) is 0 Å². The summed E-state index contributed by atoms with van der Waals surface area (Å²) in [6, 6.07) is -6.41. The summed E-state index contributed by atoms with van der Waals surface area (Å²) in [5.41, 5.74) is 5.97. The molecular formula is C30H52N4O23S. The Morgan fingerprint density at radius 2 is 0.948 bits per heavy atom. The second-order valence-corrected chi connectivity index (χ2v) is 15.1. The number of ether oxygens (including phenoxy) is 7. The van der Waals surface area contributed by atoms with Crippen molar-refractivity contribution in [2.24, 2.45) is 5.73 Å². The Hall–Kier alpha value is -2.40. The summed E-state index contributed by atoms with van der Waals surface area (Å²) in [5, 5.41) is 103. The number of hydrogen-bond acceptors (Lipinski definition) is 23. The van der Waals surface area contributed by atoms with Gasteiger partial charge in [0.05, 0.1) is 32.5 Å². The van der Waals surface area contributed by atoms with Gasteiger partial charge in [-0.2, -0.15) is 8.42 Å². The standard InChI is InChI=1S/C30H52N4O23S/c1-8(38)32-16-21(43)26(14(51-27(16)46)7-50-58(47,48)49)57-30-18(34-10(3)40)23(45)25(13(6-37)54-30)56-29-17(33-9(2)39)22(44)24(12(5-36)53-29)55-28-15(31)20(42)19(41)11(4-35)52-28/h11-30,35-37,41-46H,4-7,31H2,1-3H3,(H,32,38)(H,33,39)(H,34,40)(H,47,48,49)/t11-,12-,13-,14-,15-,16-,17-,18-,19-,20-,21?,22?,23-,24-,25-,26-,27-,28+,29+,30+/m1/s1. The van der Waals surface area contributed by atoms with E-state index in [2.05, 4.69) is 20.1 Å². The lowest BCUT2D eigenvalue weighted by atomic mass is 9.93. The molecule has 4 fully saturated rings. The monoisotopic (exact) mass is 868 g/mol. The summed E-state index contributed by atoms with van der Waals surface area (Å²) >= 11 is 0. The molecule has 4 aliphatic heterocycles. The number of aliphatic hydroxyl groups excluding tert-OH is 9. The smallest absolute Gasteiger partial charge is 0.394 e. The molecule has 15 N–H and O–H groups in total. The van der Waals surface area contributed by atoms with E-state index in [0.29, 0.717) is 0 Å². The molecule has 0 aromatic carbocycles. The molecular weight excluding hydrogens is 816 g/mol. The molecule has 0 aromatic heterocycles. The van der Waals surface area contributed by atoms with E-state index in [4.69, 9.17) is 43.4 Å². The van der Waals surface area contributed by atoms with Gasteiger partial charge in [-0.25, -0.2) is 4.18 Å². The van der Waals surface area contributed by atoms with Crippen molar-refractivity contribution >= 4 is 28.1 Å². The van der Waals surface area contributed by atoms with E-state index in [9.17, 15) is 68.8 Å². The molecule has 4 heterocycles. The molecule has 0 aliphatic carbocycles. The molecule has 0 aromatic rings.